The second kappa shape index (κ2) is 6.14. The molecule has 0 spiro atoms. The lowest BCUT2D eigenvalue weighted by molar-refractivity contribution is 0.990. The number of aromatic nitrogens is 3. The summed E-state index contributed by atoms with van der Waals surface area (Å²) in [5.74, 6) is 1.05. The second-order valence-electron chi connectivity index (χ2n) is 5.18. The quantitative estimate of drug-likeness (QED) is 0.737. The molecule has 23 heavy (non-hydrogen) atoms. The molecule has 116 valence electrons. The lowest BCUT2D eigenvalue weighted by Gasteiger charge is -2.10. The molecule has 0 aromatic carbocycles. The Morgan fingerprint density at radius 3 is 2.83 bits per heavy atom. The van der Waals surface area contributed by atoms with E-state index in [9.17, 15) is 10.1 Å². The van der Waals surface area contributed by atoms with Gasteiger partial charge in [-0.3, -0.25) is 4.79 Å². The van der Waals surface area contributed by atoms with Gasteiger partial charge in [0, 0.05) is 5.69 Å². The zero-order chi connectivity index (χ0) is 16.6. The fraction of sp³-hybridized carbons (Fsp3) is 0.250. The van der Waals surface area contributed by atoms with E-state index in [1.165, 1.54) is 23.1 Å². The molecule has 3 heterocycles. The van der Waals surface area contributed by atoms with E-state index in [-0.39, 0.29) is 5.56 Å². The fourth-order valence-corrected chi connectivity index (χ4v) is 3.95. The first-order valence-electron chi connectivity index (χ1n) is 6.98. The standard InChI is InChI=1S/C16H14N4OS2/c1-8-9(2)11(6-17)16(18-10(8)3)23-7-13-19-12-4-5-22-14(12)15(21)20-13/h4-5H,7H2,1-3H3,(H,19,20,21). The zero-order valence-electron chi connectivity index (χ0n) is 12.9. The van der Waals surface area contributed by atoms with Crippen LogP contribution in [0.5, 0.6) is 0 Å². The summed E-state index contributed by atoms with van der Waals surface area (Å²) in [4.78, 5) is 23.8. The average molecular weight is 342 g/mol. The molecule has 1 N–H and O–H groups in total. The molecule has 0 saturated heterocycles. The summed E-state index contributed by atoms with van der Waals surface area (Å²) in [7, 11) is 0. The average Bonchev–Trinajstić information content (AvgIpc) is 3.00. The molecule has 0 aliphatic heterocycles. The van der Waals surface area contributed by atoms with Gasteiger partial charge in [0.2, 0.25) is 0 Å². The molecule has 0 atom stereocenters. The van der Waals surface area contributed by atoms with E-state index >= 15 is 0 Å². The number of aromatic amines is 1. The number of hydrogen-bond acceptors (Lipinski definition) is 6. The van der Waals surface area contributed by atoms with Crippen LogP contribution in [0.2, 0.25) is 0 Å². The van der Waals surface area contributed by atoms with Crippen molar-refractivity contribution in [2.45, 2.75) is 31.6 Å². The fourth-order valence-electron chi connectivity index (χ4n) is 2.27. The number of thioether (sulfide) groups is 1. The van der Waals surface area contributed by atoms with Crippen LogP contribution in [0.1, 0.15) is 28.2 Å². The van der Waals surface area contributed by atoms with Gasteiger partial charge in [-0.2, -0.15) is 5.26 Å². The number of H-pyrrole nitrogens is 1. The van der Waals surface area contributed by atoms with Crippen LogP contribution in [0.15, 0.2) is 21.3 Å². The van der Waals surface area contributed by atoms with Crippen molar-refractivity contribution in [2.75, 3.05) is 0 Å². The third-order valence-corrected chi connectivity index (χ3v) is 5.67. The van der Waals surface area contributed by atoms with Gasteiger partial charge in [0.25, 0.3) is 5.56 Å². The third kappa shape index (κ3) is 2.87. The molecule has 3 aromatic heterocycles. The molecule has 3 rings (SSSR count). The molecule has 0 saturated carbocycles. The summed E-state index contributed by atoms with van der Waals surface area (Å²) < 4.78 is 0.636. The second-order valence-corrected chi connectivity index (χ2v) is 7.06. The number of nitrogens with one attached hydrogen (secondary N) is 1. The number of rotatable bonds is 3. The smallest absolute Gasteiger partial charge is 0.268 e. The Kier molecular flexibility index (Phi) is 4.20. The number of pyridine rings is 1. The first-order valence-corrected chi connectivity index (χ1v) is 8.85. The summed E-state index contributed by atoms with van der Waals surface area (Å²) >= 11 is 2.80. The highest BCUT2D eigenvalue weighted by Gasteiger charge is 2.14. The molecule has 0 bridgehead atoms. The van der Waals surface area contributed by atoms with Gasteiger partial charge in [0.15, 0.2) is 0 Å². The molecule has 0 aliphatic rings. The minimum absolute atomic E-state index is 0.120. The van der Waals surface area contributed by atoms with Crippen LogP contribution in [-0.4, -0.2) is 15.0 Å². The zero-order valence-corrected chi connectivity index (χ0v) is 14.6. The highest BCUT2D eigenvalue weighted by Crippen LogP contribution is 2.28. The summed E-state index contributed by atoms with van der Waals surface area (Å²) in [5.41, 5.74) is 4.09. The number of thiophene rings is 1. The maximum atomic E-state index is 12.0. The van der Waals surface area contributed by atoms with Crippen molar-refractivity contribution in [2.24, 2.45) is 0 Å². The van der Waals surface area contributed by atoms with Crippen LogP contribution >= 0.6 is 23.1 Å². The van der Waals surface area contributed by atoms with E-state index in [0.717, 1.165) is 16.8 Å². The largest absolute Gasteiger partial charge is 0.309 e. The van der Waals surface area contributed by atoms with Gasteiger partial charge in [0.05, 0.1) is 16.8 Å². The molecule has 0 amide bonds. The predicted octanol–water partition coefficient (Wildman–Crippen LogP) is 3.47. The first-order chi connectivity index (χ1) is 11.0. The number of aryl methyl sites for hydroxylation is 1. The number of fused-ring (bicyclic) bond motifs is 1. The molecule has 7 heteroatoms. The number of hydrogen-bond donors (Lipinski definition) is 1. The molecule has 0 radical (unpaired) electrons. The Labute approximate surface area is 141 Å². The Balaban J connectivity index is 1.94. The minimum Gasteiger partial charge on any atom is -0.309 e. The van der Waals surface area contributed by atoms with Crippen molar-refractivity contribution < 1.29 is 0 Å². The van der Waals surface area contributed by atoms with E-state index in [1.807, 2.05) is 32.2 Å². The highest BCUT2D eigenvalue weighted by atomic mass is 32.2. The summed E-state index contributed by atoms with van der Waals surface area (Å²) in [6, 6.07) is 4.07. The van der Waals surface area contributed by atoms with Crippen LogP contribution in [0.3, 0.4) is 0 Å². The molecule has 0 unspecified atom stereocenters. The van der Waals surface area contributed by atoms with Crippen LogP contribution in [-0.2, 0) is 5.75 Å². The molecule has 0 fully saturated rings. The van der Waals surface area contributed by atoms with Crippen LogP contribution in [0.4, 0.5) is 0 Å². The highest BCUT2D eigenvalue weighted by molar-refractivity contribution is 7.98. The summed E-state index contributed by atoms with van der Waals surface area (Å²) in [5, 5.41) is 11.9. The van der Waals surface area contributed by atoms with Gasteiger partial charge in [-0.15, -0.1) is 11.3 Å². The van der Waals surface area contributed by atoms with Crippen LogP contribution in [0, 0.1) is 32.1 Å². The molecule has 0 aliphatic carbocycles. The van der Waals surface area contributed by atoms with Crippen LogP contribution < -0.4 is 5.56 Å². The number of nitrogens with zero attached hydrogens (tertiary/aromatic N) is 3. The van der Waals surface area contributed by atoms with Crippen molar-refractivity contribution in [3.63, 3.8) is 0 Å². The lowest BCUT2D eigenvalue weighted by Crippen LogP contribution is -2.09. The van der Waals surface area contributed by atoms with Gasteiger partial charge in [-0.1, -0.05) is 11.8 Å². The lowest BCUT2D eigenvalue weighted by atomic mass is 10.1. The minimum atomic E-state index is -0.120. The maximum absolute atomic E-state index is 12.0. The Hall–Kier alpha value is -2.17. The molecular weight excluding hydrogens is 328 g/mol. The molecule has 5 nitrogen and oxygen atoms in total. The number of nitriles is 1. The summed E-state index contributed by atoms with van der Waals surface area (Å²) in [6.45, 7) is 5.84. The van der Waals surface area contributed by atoms with E-state index in [2.05, 4.69) is 21.0 Å². The van der Waals surface area contributed by atoms with Crippen molar-refractivity contribution in [1.82, 2.24) is 15.0 Å². The normalized spacial score (nSPS) is 10.9. The van der Waals surface area contributed by atoms with Crippen LogP contribution in [0.25, 0.3) is 10.2 Å². The first kappa shape index (κ1) is 15.7. The van der Waals surface area contributed by atoms with Gasteiger partial charge in [-0.05, 0) is 43.3 Å². The van der Waals surface area contributed by atoms with Gasteiger partial charge in [-0.25, -0.2) is 9.97 Å². The Morgan fingerprint density at radius 2 is 2.09 bits per heavy atom. The molecule has 3 aromatic rings. The van der Waals surface area contributed by atoms with E-state index in [1.54, 1.807) is 0 Å². The summed E-state index contributed by atoms with van der Waals surface area (Å²) in [6.07, 6.45) is 0. The predicted molar refractivity (Wildman–Crippen MR) is 93.0 cm³/mol. The SMILES string of the molecule is Cc1nc(SCc2nc3ccsc3c(=O)[nH]2)c(C#N)c(C)c1C. The van der Waals surface area contributed by atoms with E-state index < -0.39 is 0 Å². The Morgan fingerprint density at radius 1 is 1.30 bits per heavy atom. The van der Waals surface area contributed by atoms with Crippen molar-refractivity contribution in [1.29, 1.82) is 5.26 Å². The van der Waals surface area contributed by atoms with E-state index in [0.29, 0.717) is 32.4 Å². The third-order valence-electron chi connectivity index (χ3n) is 3.78. The van der Waals surface area contributed by atoms with Gasteiger partial charge >= 0.3 is 0 Å². The van der Waals surface area contributed by atoms with Gasteiger partial charge < -0.3 is 4.98 Å². The topological polar surface area (TPSA) is 82.4 Å². The maximum Gasteiger partial charge on any atom is 0.268 e. The molecular formula is C16H14N4OS2. The van der Waals surface area contributed by atoms with Crippen molar-refractivity contribution in [3.8, 4) is 6.07 Å². The Bertz CT molecular complexity index is 998. The van der Waals surface area contributed by atoms with Crippen molar-refractivity contribution in [3.05, 3.63) is 50.0 Å². The van der Waals surface area contributed by atoms with Crippen molar-refractivity contribution >= 4 is 33.3 Å². The van der Waals surface area contributed by atoms with Gasteiger partial charge in [0.1, 0.15) is 21.6 Å². The van der Waals surface area contributed by atoms with E-state index in [4.69, 9.17) is 0 Å². The monoisotopic (exact) mass is 342 g/mol.